The molecule has 1 atom stereocenters. The van der Waals surface area contributed by atoms with E-state index in [2.05, 4.69) is 21.8 Å². The molecule has 6 heteroatoms. The number of aromatic nitrogens is 2. The number of H-pyrrole nitrogens is 1. The van der Waals surface area contributed by atoms with Gasteiger partial charge < -0.3 is 14.8 Å². The molecule has 0 spiro atoms. The molecule has 1 unspecified atom stereocenters. The summed E-state index contributed by atoms with van der Waals surface area (Å²) in [6.07, 6.45) is 1.83. The molecule has 0 radical (unpaired) electrons. The average Bonchev–Trinajstić information content (AvgIpc) is 3.10. The molecular formula is C18H24N4OS. The summed E-state index contributed by atoms with van der Waals surface area (Å²) in [6.45, 7) is 8.77. The molecule has 24 heavy (non-hydrogen) atoms. The van der Waals surface area contributed by atoms with E-state index < -0.39 is 0 Å². The summed E-state index contributed by atoms with van der Waals surface area (Å²) >= 11 is 1.50. The van der Waals surface area contributed by atoms with Crippen LogP contribution in [0.4, 0.5) is 0 Å². The largest absolute Gasteiger partial charge is 0.339 e. The third kappa shape index (κ3) is 3.99. The van der Waals surface area contributed by atoms with Gasteiger partial charge in [0, 0.05) is 26.2 Å². The summed E-state index contributed by atoms with van der Waals surface area (Å²) in [5, 5.41) is 0.662. The molecule has 1 N–H and O–H groups in total. The molecule has 1 aliphatic rings. The van der Waals surface area contributed by atoms with E-state index in [1.54, 1.807) is 0 Å². The first-order valence-corrected chi connectivity index (χ1v) is 9.33. The molecule has 1 aromatic heterocycles. The highest BCUT2D eigenvalue weighted by Crippen LogP contribution is 2.25. The number of aromatic amines is 1. The maximum Gasteiger partial charge on any atom is 0.235 e. The van der Waals surface area contributed by atoms with Crippen molar-refractivity contribution < 1.29 is 4.79 Å². The SMILES string of the molecule is CCN1CCN(C(=O)C(C)Sc2ncc(-c3ccccc3)[nH]2)CC1. The number of carbonyl (C=O) groups is 1. The van der Waals surface area contributed by atoms with Gasteiger partial charge in [0.2, 0.25) is 5.91 Å². The van der Waals surface area contributed by atoms with E-state index in [-0.39, 0.29) is 11.2 Å². The highest BCUT2D eigenvalue weighted by atomic mass is 32.2. The smallest absolute Gasteiger partial charge is 0.235 e. The molecule has 3 rings (SSSR count). The highest BCUT2D eigenvalue weighted by molar-refractivity contribution is 8.00. The zero-order valence-corrected chi connectivity index (χ0v) is 15.1. The van der Waals surface area contributed by atoms with Crippen molar-refractivity contribution in [3.8, 4) is 11.3 Å². The number of piperazine rings is 1. The molecule has 5 nitrogen and oxygen atoms in total. The van der Waals surface area contributed by atoms with Gasteiger partial charge in [-0.3, -0.25) is 4.79 Å². The quantitative estimate of drug-likeness (QED) is 0.848. The summed E-state index contributed by atoms with van der Waals surface area (Å²) in [4.78, 5) is 24.7. The molecule has 1 amide bonds. The molecule has 0 aliphatic carbocycles. The standard InChI is InChI=1S/C18H24N4OS/c1-3-21-9-11-22(12-10-21)17(23)14(2)24-18-19-13-16(20-18)15-7-5-4-6-8-15/h4-8,13-14H,3,9-12H2,1-2H3,(H,19,20). The molecule has 1 aliphatic heterocycles. The molecule has 1 fully saturated rings. The van der Waals surface area contributed by atoms with Crippen molar-refractivity contribution in [1.82, 2.24) is 19.8 Å². The Hall–Kier alpha value is -1.79. The van der Waals surface area contributed by atoms with Crippen molar-refractivity contribution in [3.05, 3.63) is 36.5 Å². The van der Waals surface area contributed by atoms with Gasteiger partial charge in [0.25, 0.3) is 0 Å². The molecule has 1 aromatic carbocycles. The lowest BCUT2D eigenvalue weighted by Crippen LogP contribution is -2.50. The van der Waals surface area contributed by atoms with E-state index in [9.17, 15) is 4.79 Å². The minimum absolute atomic E-state index is 0.132. The predicted molar refractivity (Wildman–Crippen MR) is 98.0 cm³/mol. The van der Waals surface area contributed by atoms with Crippen molar-refractivity contribution in [3.63, 3.8) is 0 Å². The second-order valence-corrected chi connectivity index (χ2v) is 7.32. The summed E-state index contributed by atoms with van der Waals surface area (Å²) in [7, 11) is 0. The third-order valence-electron chi connectivity index (χ3n) is 4.40. The number of amides is 1. The van der Waals surface area contributed by atoms with Crippen LogP contribution in [0, 0.1) is 0 Å². The Morgan fingerprint density at radius 1 is 1.25 bits per heavy atom. The number of thioether (sulfide) groups is 1. The Labute approximate surface area is 147 Å². The van der Waals surface area contributed by atoms with E-state index in [0.29, 0.717) is 0 Å². The van der Waals surface area contributed by atoms with E-state index in [0.717, 1.165) is 49.1 Å². The number of rotatable bonds is 5. The van der Waals surface area contributed by atoms with Gasteiger partial charge in [0.1, 0.15) is 0 Å². The Balaban J connectivity index is 1.58. The number of benzene rings is 1. The molecule has 2 aromatic rings. The average molecular weight is 344 g/mol. The number of hydrogen-bond acceptors (Lipinski definition) is 4. The molecule has 0 saturated carbocycles. The van der Waals surface area contributed by atoms with Gasteiger partial charge in [-0.05, 0) is 19.0 Å². The van der Waals surface area contributed by atoms with E-state index in [1.165, 1.54) is 11.8 Å². The predicted octanol–water partition coefficient (Wildman–Crippen LogP) is 2.72. The van der Waals surface area contributed by atoms with Crippen molar-refractivity contribution in [1.29, 1.82) is 0 Å². The normalized spacial score (nSPS) is 17.0. The lowest BCUT2D eigenvalue weighted by molar-refractivity contribution is -0.132. The van der Waals surface area contributed by atoms with Crippen LogP contribution < -0.4 is 0 Å². The van der Waals surface area contributed by atoms with Crippen LogP contribution in [0.15, 0.2) is 41.7 Å². The first-order chi connectivity index (χ1) is 11.7. The maximum absolute atomic E-state index is 12.6. The van der Waals surface area contributed by atoms with E-state index in [1.807, 2.05) is 48.4 Å². The second kappa shape index (κ2) is 7.85. The summed E-state index contributed by atoms with van der Waals surface area (Å²) < 4.78 is 0. The zero-order valence-electron chi connectivity index (χ0n) is 14.2. The Kier molecular flexibility index (Phi) is 5.58. The topological polar surface area (TPSA) is 52.2 Å². The number of nitrogens with one attached hydrogen (secondary N) is 1. The maximum atomic E-state index is 12.6. The van der Waals surface area contributed by atoms with Gasteiger partial charge in [0.05, 0.1) is 17.1 Å². The van der Waals surface area contributed by atoms with Gasteiger partial charge in [-0.15, -0.1) is 0 Å². The Morgan fingerprint density at radius 2 is 1.96 bits per heavy atom. The fourth-order valence-corrected chi connectivity index (χ4v) is 3.75. The van der Waals surface area contributed by atoms with Crippen LogP contribution in [0.25, 0.3) is 11.3 Å². The van der Waals surface area contributed by atoms with Crippen LogP contribution in [0.3, 0.4) is 0 Å². The first kappa shape index (κ1) is 17.0. The van der Waals surface area contributed by atoms with Crippen LogP contribution in [0.1, 0.15) is 13.8 Å². The number of likely N-dealkylation sites (N-methyl/N-ethyl adjacent to an activating group) is 1. The summed E-state index contributed by atoms with van der Waals surface area (Å²) in [6, 6.07) is 10.1. The second-order valence-electron chi connectivity index (χ2n) is 5.99. The molecule has 0 bridgehead atoms. The van der Waals surface area contributed by atoms with Crippen LogP contribution in [-0.2, 0) is 4.79 Å². The molecule has 1 saturated heterocycles. The third-order valence-corrected chi connectivity index (χ3v) is 5.39. The Morgan fingerprint density at radius 3 is 2.62 bits per heavy atom. The highest BCUT2D eigenvalue weighted by Gasteiger charge is 2.25. The number of imidazole rings is 1. The van der Waals surface area contributed by atoms with Crippen molar-refractivity contribution in [2.24, 2.45) is 0 Å². The van der Waals surface area contributed by atoms with Gasteiger partial charge in [0.15, 0.2) is 5.16 Å². The fraction of sp³-hybridized carbons (Fsp3) is 0.444. The molecule has 2 heterocycles. The van der Waals surface area contributed by atoms with Crippen molar-refractivity contribution >= 4 is 17.7 Å². The van der Waals surface area contributed by atoms with Gasteiger partial charge in [-0.1, -0.05) is 49.0 Å². The summed E-state index contributed by atoms with van der Waals surface area (Å²) in [5.41, 5.74) is 2.08. The minimum atomic E-state index is -0.132. The zero-order chi connectivity index (χ0) is 16.9. The molecule has 128 valence electrons. The van der Waals surface area contributed by atoms with Crippen LogP contribution in [0.2, 0.25) is 0 Å². The fourth-order valence-electron chi connectivity index (χ4n) is 2.89. The van der Waals surface area contributed by atoms with Crippen LogP contribution in [0.5, 0.6) is 0 Å². The number of nitrogens with zero attached hydrogens (tertiary/aromatic N) is 3. The van der Waals surface area contributed by atoms with Gasteiger partial charge in [-0.2, -0.15) is 0 Å². The summed E-state index contributed by atoms with van der Waals surface area (Å²) in [5.74, 6) is 0.202. The van der Waals surface area contributed by atoms with E-state index >= 15 is 0 Å². The van der Waals surface area contributed by atoms with Crippen LogP contribution in [-0.4, -0.2) is 63.6 Å². The number of carbonyl (C=O) groups excluding carboxylic acids is 1. The Bertz CT molecular complexity index is 665. The van der Waals surface area contributed by atoms with Gasteiger partial charge in [-0.25, -0.2) is 4.98 Å². The first-order valence-electron chi connectivity index (χ1n) is 8.45. The minimum Gasteiger partial charge on any atom is -0.339 e. The van der Waals surface area contributed by atoms with Gasteiger partial charge >= 0.3 is 0 Å². The van der Waals surface area contributed by atoms with Crippen molar-refractivity contribution in [2.75, 3.05) is 32.7 Å². The monoisotopic (exact) mass is 344 g/mol. The van der Waals surface area contributed by atoms with Crippen LogP contribution >= 0.6 is 11.8 Å². The van der Waals surface area contributed by atoms with Crippen molar-refractivity contribution in [2.45, 2.75) is 24.3 Å². The lowest BCUT2D eigenvalue weighted by Gasteiger charge is -2.35. The molecular weight excluding hydrogens is 320 g/mol. The lowest BCUT2D eigenvalue weighted by atomic mass is 10.2. The van der Waals surface area contributed by atoms with E-state index in [4.69, 9.17) is 0 Å². The number of hydrogen-bond donors (Lipinski definition) is 1.